The van der Waals surface area contributed by atoms with Gasteiger partial charge < -0.3 is 0 Å². The Hall–Kier alpha value is -0.690. The minimum atomic E-state index is 1.06. The molecule has 0 aromatic heterocycles. The zero-order valence-electron chi connectivity index (χ0n) is 6.13. The van der Waals surface area contributed by atoms with Crippen LogP contribution in [-0.4, -0.2) is 7.05 Å². The van der Waals surface area contributed by atoms with E-state index in [0.29, 0.717) is 0 Å². The fourth-order valence-corrected chi connectivity index (χ4v) is 1.10. The van der Waals surface area contributed by atoms with E-state index in [1.165, 1.54) is 5.56 Å². The van der Waals surface area contributed by atoms with Crippen LogP contribution in [0.15, 0.2) is 24.3 Å². The zero-order valence-corrected chi connectivity index (χ0v) is 6.89. The lowest BCUT2D eigenvalue weighted by molar-refractivity contribution is 1.29. The van der Waals surface area contributed by atoms with Crippen molar-refractivity contribution in [1.29, 1.82) is 0 Å². The lowest BCUT2D eigenvalue weighted by Crippen LogP contribution is -2.01. The smallest absolute Gasteiger partial charge is 0.0548 e. The first-order chi connectivity index (χ1) is 4.72. The summed E-state index contributed by atoms with van der Waals surface area (Å²) in [6.07, 6.45) is 0. The van der Waals surface area contributed by atoms with Crippen molar-refractivity contribution in [3.05, 3.63) is 29.8 Å². The molecular weight excluding hydrogens is 146 g/mol. The number of benzene rings is 1. The molecule has 2 heteroatoms. The van der Waals surface area contributed by atoms with Gasteiger partial charge in [0.15, 0.2) is 0 Å². The highest BCUT2D eigenvalue weighted by atomic mass is 35.5. The van der Waals surface area contributed by atoms with E-state index in [4.69, 9.17) is 11.8 Å². The molecule has 0 saturated heterocycles. The van der Waals surface area contributed by atoms with E-state index < -0.39 is 0 Å². The summed E-state index contributed by atoms with van der Waals surface area (Å²) in [5, 5.41) is 0. The van der Waals surface area contributed by atoms with Crippen molar-refractivity contribution in [3.63, 3.8) is 0 Å². The molecule has 0 unspecified atom stereocenters. The Balaban J connectivity index is 3.03. The van der Waals surface area contributed by atoms with Gasteiger partial charge in [0.25, 0.3) is 0 Å². The first-order valence-electron chi connectivity index (χ1n) is 3.17. The number of halogens is 1. The fraction of sp³-hybridized carbons (Fsp3) is 0.250. The van der Waals surface area contributed by atoms with Gasteiger partial charge in [-0.3, -0.25) is 4.42 Å². The van der Waals surface area contributed by atoms with Gasteiger partial charge in [0.2, 0.25) is 0 Å². The van der Waals surface area contributed by atoms with Gasteiger partial charge in [-0.05, 0) is 18.6 Å². The second kappa shape index (κ2) is 2.93. The van der Waals surface area contributed by atoms with Crippen LogP contribution in [0.2, 0.25) is 0 Å². The largest absolute Gasteiger partial charge is 0.288 e. The Kier molecular flexibility index (Phi) is 2.17. The molecule has 0 amide bonds. The Morgan fingerprint density at radius 3 is 2.30 bits per heavy atom. The molecule has 0 spiro atoms. The van der Waals surface area contributed by atoms with E-state index in [9.17, 15) is 0 Å². The molecule has 1 rings (SSSR count). The van der Waals surface area contributed by atoms with Crippen molar-refractivity contribution in [2.24, 2.45) is 0 Å². The van der Waals surface area contributed by atoms with Crippen molar-refractivity contribution >= 4 is 17.5 Å². The summed E-state index contributed by atoms with van der Waals surface area (Å²) in [5.74, 6) is 0. The average Bonchev–Trinajstić information content (AvgIpc) is 1.88. The summed E-state index contributed by atoms with van der Waals surface area (Å²) >= 11 is 5.74. The van der Waals surface area contributed by atoms with Gasteiger partial charge in [-0.15, -0.1) is 0 Å². The number of aryl methyl sites for hydroxylation is 1. The third-order valence-corrected chi connectivity index (χ3v) is 1.63. The summed E-state index contributed by atoms with van der Waals surface area (Å²) in [6, 6.07) is 8.00. The van der Waals surface area contributed by atoms with E-state index in [0.717, 1.165) is 5.69 Å². The van der Waals surface area contributed by atoms with Crippen LogP contribution in [0.1, 0.15) is 5.56 Å². The van der Waals surface area contributed by atoms with E-state index in [1.807, 2.05) is 38.2 Å². The molecule has 0 atom stereocenters. The maximum absolute atomic E-state index is 5.74. The van der Waals surface area contributed by atoms with Gasteiger partial charge in [0, 0.05) is 18.8 Å². The van der Waals surface area contributed by atoms with Crippen molar-refractivity contribution in [2.45, 2.75) is 6.92 Å². The van der Waals surface area contributed by atoms with Gasteiger partial charge in [0.05, 0.1) is 5.69 Å². The lowest BCUT2D eigenvalue weighted by Gasteiger charge is -2.10. The van der Waals surface area contributed by atoms with Gasteiger partial charge in [-0.1, -0.05) is 18.2 Å². The van der Waals surface area contributed by atoms with E-state index in [1.54, 1.807) is 4.42 Å². The summed E-state index contributed by atoms with van der Waals surface area (Å²) in [5.41, 5.74) is 2.25. The molecule has 54 valence electrons. The van der Waals surface area contributed by atoms with Crippen LogP contribution in [0.4, 0.5) is 5.69 Å². The minimum Gasteiger partial charge on any atom is -0.288 e. The SMILES string of the molecule is Cc1ccccc1N(C)Cl. The molecule has 0 heterocycles. The number of hydrogen-bond acceptors (Lipinski definition) is 1. The quantitative estimate of drug-likeness (QED) is 0.564. The monoisotopic (exact) mass is 155 g/mol. The third kappa shape index (κ3) is 1.42. The minimum absolute atomic E-state index is 1.06. The topological polar surface area (TPSA) is 3.24 Å². The summed E-state index contributed by atoms with van der Waals surface area (Å²) in [7, 11) is 1.82. The Morgan fingerprint density at radius 1 is 1.30 bits per heavy atom. The molecule has 1 aromatic rings. The van der Waals surface area contributed by atoms with Gasteiger partial charge >= 0.3 is 0 Å². The molecule has 0 fully saturated rings. The normalized spacial score (nSPS) is 9.50. The standard InChI is InChI=1S/C8H10ClN/c1-7-5-3-4-6-8(7)10(2)9/h3-6H,1-2H3. The van der Waals surface area contributed by atoms with Crippen LogP contribution in [0.25, 0.3) is 0 Å². The Bertz CT molecular complexity index is 220. The number of rotatable bonds is 1. The van der Waals surface area contributed by atoms with Crippen molar-refractivity contribution in [1.82, 2.24) is 0 Å². The first kappa shape index (κ1) is 7.42. The molecule has 0 N–H and O–H groups in total. The summed E-state index contributed by atoms with van der Waals surface area (Å²) in [4.78, 5) is 0. The number of anilines is 1. The third-order valence-electron chi connectivity index (χ3n) is 1.45. The fourth-order valence-electron chi connectivity index (χ4n) is 0.909. The van der Waals surface area contributed by atoms with Gasteiger partial charge in [0.1, 0.15) is 0 Å². The molecular formula is C8H10ClN. The van der Waals surface area contributed by atoms with Crippen molar-refractivity contribution in [2.75, 3.05) is 11.5 Å². The van der Waals surface area contributed by atoms with E-state index in [2.05, 4.69) is 0 Å². The van der Waals surface area contributed by atoms with Crippen molar-refractivity contribution in [3.8, 4) is 0 Å². The molecule has 1 aromatic carbocycles. The highest BCUT2D eigenvalue weighted by molar-refractivity contribution is 6.25. The van der Waals surface area contributed by atoms with E-state index >= 15 is 0 Å². The molecule has 0 aliphatic carbocycles. The highest BCUT2D eigenvalue weighted by Gasteiger charge is 1.97. The molecule has 0 saturated carbocycles. The molecule has 0 aliphatic rings. The average molecular weight is 156 g/mol. The molecule has 1 nitrogen and oxygen atoms in total. The maximum Gasteiger partial charge on any atom is 0.0548 e. The van der Waals surface area contributed by atoms with Crippen LogP contribution in [-0.2, 0) is 0 Å². The van der Waals surface area contributed by atoms with Crippen LogP contribution in [0, 0.1) is 6.92 Å². The second-order valence-electron chi connectivity index (χ2n) is 2.26. The Labute approximate surface area is 66.3 Å². The Morgan fingerprint density at radius 2 is 1.90 bits per heavy atom. The number of hydrogen-bond donors (Lipinski definition) is 0. The highest BCUT2D eigenvalue weighted by Crippen LogP contribution is 2.18. The van der Waals surface area contributed by atoms with Crippen molar-refractivity contribution < 1.29 is 0 Å². The van der Waals surface area contributed by atoms with Crippen LogP contribution in [0.3, 0.4) is 0 Å². The molecule has 10 heavy (non-hydrogen) atoms. The number of para-hydroxylation sites is 1. The molecule has 0 bridgehead atoms. The van der Waals surface area contributed by atoms with Gasteiger partial charge in [-0.2, -0.15) is 0 Å². The summed E-state index contributed by atoms with van der Waals surface area (Å²) in [6.45, 7) is 2.04. The molecule has 0 radical (unpaired) electrons. The molecule has 0 aliphatic heterocycles. The van der Waals surface area contributed by atoms with Gasteiger partial charge in [-0.25, -0.2) is 0 Å². The maximum atomic E-state index is 5.74. The predicted molar refractivity (Wildman–Crippen MR) is 45.4 cm³/mol. The second-order valence-corrected chi connectivity index (χ2v) is 2.77. The van der Waals surface area contributed by atoms with E-state index in [-0.39, 0.29) is 0 Å². The lowest BCUT2D eigenvalue weighted by atomic mass is 10.2. The van der Waals surface area contributed by atoms with Crippen LogP contribution >= 0.6 is 11.8 Å². The number of nitrogens with zero attached hydrogens (tertiary/aromatic N) is 1. The predicted octanol–water partition coefficient (Wildman–Crippen LogP) is 2.59. The van der Waals surface area contributed by atoms with Crippen LogP contribution < -0.4 is 4.42 Å². The van der Waals surface area contributed by atoms with Crippen LogP contribution in [0.5, 0.6) is 0 Å². The zero-order chi connectivity index (χ0) is 7.56. The summed E-state index contributed by atoms with van der Waals surface area (Å²) < 4.78 is 1.59. The first-order valence-corrected chi connectivity index (χ1v) is 3.51.